The molecule has 0 saturated heterocycles. The maximum absolute atomic E-state index is 12.4. The number of fused-ring (bicyclic) bond motifs is 1. The van der Waals surface area contributed by atoms with Gasteiger partial charge in [0.2, 0.25) is 11.8 Å². The molecule has 0 aromatic carbocycles. The third kappa shape index (κ3) is 2.99. The highest BCUT2D eigenvalue weighted by Gasteiger charge is 2.16. The predicted octanol–water partition coefficient (Wildman–Crippen LogP) is 3.48. The summed E-state index contributed by atoms with van der Waals surface area (Å²) in [6.45, 7) is 3.74. The first-order chi connectivity index (χ1) is 12.5. The minimum atomic E-state index is -0.165. The molecule has 0 aliphatic rings. The van der Waals surface area contributed by atoms with Crippen molar-refractivity contribution in [2.75, 3.05) is 5.32 Å². The Kier molecular flexibility index (Phi) is 4.04. The van der Waals surface area contributed by atoms with Gasteiger partial charge in [0.05, 0.1) is 34.6 Å². The lowest BCUT2D eigenvalue weighted by Gasteiger charge is -2.04. The van der Waals surface area contributed by atoms with Crippen LogP contribution in [0.2, 0.25) is 0 Å². The van der Waals surface area contributed by atoms with Gasteiger partial charge in [-0.1, -0.05) is 6.07 Å². The number of pyridine rings is 1. The molecule has 0 radical (unpaired) electrons. The van der Waals surface area contributed by atoms with Gasteiger partial charge in [0.15, 0.2) is 5.65 Å². The van der Waals surface area contributed by atoms with E-state index in [-0.39, 0.29) is 12.3 Å². The molecule has 0 bridgehead atoms. The highest BCUT2D eigenvalue weighted by molar-refractivity contribution is 7.13. The molecule has 8 heteroatoms. The van der Waals surface area contributed by atoms with Gasteiger partial charge in [-0.25, -0.2) is 9.97 Å². The molecule has 7 nitrogen and oxygen atoms in total. The monoisotopic (exact) mass is 367 g/mol. The molecule has 0 atom stereocenters. The quantitative estimate of drug-likeness (QED) is 0.597. The Morgan fingerprint density at radius 1 is 1.38 bits per heavy atom. The summed E-state index contributed by atoms with van der Waals surface area (Å²) in [5.74, 6) is 1.04. The van der Waals surface area contributed by atoms with Crippen LogP contribution in [0.4, 0.5) is 5.69 Å². The summed E-state index contributed by atoms with van der Waals surface area (Å²) < 4.78 is 7.41. The number of aryl methyl sites for hydroxylation is 3. The maximum atomic E-state index is 12.4. The number of amides is 1. The van der Waals surface area contributed by atoms with Crippen molar-refractivity contribution in [1.29, 1.82) is 0 Å². The number of carbonyl (C=O) groups is 1. The Labute approximate surface area is 153 Å². The van der Waals surface area contributed by atoms with Gasteiger partial charge in [-0.2, -0.15) is 5.10 Å². The zero-order chi connectivity index (χ0) is 18.3. The van der Waals surface area contributed by atoms with Crippen LogP contribution >= 0.6 is 11.3 Å². The lowest BCUT2D eigenvalue weighted by atomic mass is 10.2. The maximum Gasteiger partial charge on any atom is 0.236 e. The third-order valence-electron chi connectivity index (χ3n) is 4.10. The normalized spacial score (nSPS) is 11.2. The molecule has 0 aliphatic carbocycles. The summed E-state index contributed by atoms with van der Waals surface area (Å²) in [5.41, 5.74) is 2.93. The molecular formula is C18H17N5O2S. The summed E-state index contributed by atoms with van der Waals surface area (Å²) >= 11 is 1.55. The van der Waals surface area contributed by atoms with Crippen molar-refractivity contribution >= 4 is 34.0 Å². The van der Waals surface area contributed by atoms with E-state index in [1.807, 2.05) is 44.5 Å². The number of carbonyl (C=O) groups excluding carboxylic acids is 1. The number of rotatable bonds is 4. The fourth-order valence-electron chi connectivity index (χ4n) is 2.83. The first-order valence-corrected chi connectivity index (χ1v) is 8.98. The van der Waals surface area contributed by atoms with E-state index < -0.39 is 0 Å². The van der Waals surface area contributed by atoms with Gasteiger partial charge in [0.25, 0.3) is 0 Å². The second kappa shape index (κ2) is 6.38. The molecule has 0 saturated carbocycles. The van der Waals surface area contributed by atoms with Gasteiger partial charge in [-0.15, -0.1) is 11.3 Å². The van der Waals surface area contributed by atoms with Crippen molar-refractivity contribution in [1.82, 2.24) is 19.7 Å². The number of nitrogens with one attached hydrogen (secondary N) is 1. The summed E-state index contributed by atoms with van der Waals surface area (Å²) in [5, 5.41) is 10.1. The van der Waals surface area contributed by atoms with Crippen LogP contribution in [0.15, 0.2) is 34.2 Å². The van der Waals surface area contributed by atoms with Crippen LogP contribution in [0.1, 0.15) is 17.1 Å². The van der Waals surface area contributed by atoms with E-state index in [1.165, 1.54) is 0 Å². The summed E-state index contributed by atoms with van der Waals surface area (Å²) in [6.07, 6.45) is 1.78. The summed E-state index contributed by atoms with van der Waals surface area (Å²) in [6, 6.07) is 5.77. The Morgan fingerprint density at radius 2 is 2.23 bits per heavy atom. The molecule has 4 rings (SSSR count). The summed E-state index contributed by atoms with van der Waals surface area (Å²) in [7, 11) is 1.85. The number of oxazole rings is 1. The zero-order valence-corrected chi connectivity index (χ0v) is 15.4. The SMILES string of the molecule is Cc1oc(-c2cccs2)nc1CC(=O)Nc1cnc2c(c1)c(C)nn2C. The largest absolute Gasteiger partial charge is 0.440 e. The second-order valence-corrected chi connectivity index (χ2v) is 6.98. The van der Waals surface area contributed by atoms with E-state index >= 15 is 0 Å². The van der Waals surface area contributed by atoms with Gasteiger partial charge in [-0.05, 0) is 31.4 Å². The average molecular weight is 367 g/mol. The van der Waals surface area contributed by atoms with Crippen molar-refractivity contribution in [3.8, 4) is 10.8 Å². The number of anilines is 1. The molecule has 0 spiro atoms. The molecule has 0 aliphatic heterocycles. The third-order valence-corrected chi connectivity index (χ3v) is 4.96. The van der Waals surface area contributed by atoms with Crippen LogP contribution in [-0.4, -0.2) is 25.7 Å². The van der Waals surface area contributed by atoms with E-state index in [0.717, 1.165) is 21.6 Å². The minimum absolute atomic E-state index is 0.144. The van der Waals surface area contributed by atoms with Gasteiger partial charge < -0.3 is 9.73 Å². The van der Waals surface area contributed by atoms with Gasteiger partial charge >= 0.3 is 0 Å². The van der Waals surface area contributed by atoms with Crippen molar-refractivity contribution in [2.24, 2.45) is 7.05 Å². The lowest BCUT2D eigenvalue weighted by molar-refractivity contribution is -0.115. The number of thiophene rings is 1. The fourth-order valence-corrected chi connectivity index (χ4v) is 3.48. The molecule has 0 unspecified atom stereocenters. The van der Waals surface area contributed by atoms with Crippen molar-refractivity contribution in [3.05, 3.63) is 46.9 Å². The molecule has 4 aromatic heterocycles. The Hall–Kier alpha value is -3.00. The smallest absolute Gasteiger partial charge is 0.236 e. The van der Waals surface area contributed by atoms with E-state index in [9.17, 15) is 4.79 Å². The molecule has 26 heavy (non-hydrogen) atoms. The molecule has 4 heterocycles. The average Bonchev–Trinajstić information content (AvgIpc) is 3.30. The first kappa shape index (κ1) is 16.5. The number of aromatic nitrogens is 4. The standard InChI is InChI=1S/C18H17N5O2S/c1-10-13-7-12(9-19-17(13)23(3)22-10)20-16(24)8-14-11(2)25-18(21-14)15-5-4-6-26-15/h4-7,9H,8H2,1-3H3,(H,20,24). The van der Waals surface area contributed by atoms with Crippen LogP contribution in [0.3, 0.4) is 0 Å². The molecule has 1 N–H and O–H groups in total. The topological polar surface area (TPSA) is 85.8 Å². The highest BCUT2D eigenvalue weighted by atomic mass is 32.1. The van der Waals surface area contributed by atoms with Crippen molar-refractivity contribution in [2.45, 2.75) is 20.3 Å². The lowest BCUT2D eigenvalue weighted by Crippen LogP contribution is -2.15. The summed E-state index contributed by atoms with van der Waals surface area (Å²) in [4.78, 5) is 22.2. The van der Waals surface area contributed by atoms with E-state index in [4.69, 9.17) is 4.42 Å². The number of hydrogen-bond acceptors (Lipinski definition) is 6. The van der Waals surface area contributed by atoms with E-state index in [2.05, 4.69) is 20.4 Å². The number of nitrogens with zero attached hydrogens (tertiary/aromatic N) is 4. The Balaban J connectivity index is 1.51. The fraction of sp³-hybridized carbons (Fsp3) is 0.222. The van der Waals surface area contributed by atoms with Gasteiger partial charge in [0, 0.05) is 12.4 Å². The molecular weight excluding hydrogens is 350 g/mol. The minimum Gasteiger partial charge on any atom is -0.440 e. The Morgan fingerprint density at radius 3 is 3.00 bits per heavy atom. The van der Waals surface area contributed by atoms with Crippen molar-refractivity contribution < 1.29 is 9.21 Å². The number of hydrogen-bond donors (Lipinski definition) is 1. The van der Waals surface area contributed by atoms with E-state index in [0.29, 0.717) is 23.0 Å². The van der Waals surface area contributed by atoms with Crippen LogP contribution in [-0.2, 0) is 18.3 Å². The van der Waals surface area contributed by atoms with Crippen LogP contribution in [0.25, 0.3) is 21.8 Å². The molecule has 1 amide bonds. The molecule has 132 valence electrons. The van der Waals surface area contributed by atoms with Crippen LogP contribution in [0.5, 0.6) is 0 Å². The predicted molar refractivity (Wildman–Crippen MR) is 100 cm³/mol. The first-order valence-electron chi connectivity index (χ1n) is 8.10. The van der Waals surface area contributed by atoms with Crippen LogP contribution < -0.4 is 5.32 Å². The zero-order valence-electron chi connectivity index (χ0n) is 14.6. The highest BCUT2D eigenvalue weighted by Crippen LogP contribution is 2.26. The molecule has 0 fully saturated rings. The molecule has 4 aromatic rings. The Bertz CT molecular complexity index is 1090. The second-order valence-electron chi connectivity index (χ2n) is 6.03. The van der Waals surface area contributed by atoms with E-state index in [1.54, 1.807) is 22.2 Å². The van der Waals surface area contributed by atoms with Crippen molar-refractivity contribution in [3.63, 3.8) is 0 Å². The van der Waals surface area contributed by atoms with Crippen LogP contribution in [0, 0.1) is 13.8 Å². The van der Waals surface area contributed by atoms with Gasteiger partial charge in [-0.3, -0.25) is 9.48 Å². The van der Waals surface area contributed by atoms with Gasteiger partial charge in [0.1, 0.15) is 5.76 Å².